The van der Waals surface area contributed by atoms with E-state index in [1.165, 1.54) is 18.4 Å². The number of carbonyl (C=O) groups excluding carboxylic acids is 1. The van der Waals surface area contributed by atoms with E-state index in [1.807, 2.05) is 48.1 Å². The topological polar surface area (TPSA) is 56.2 Å². The van der Waals surface area contributed by atoms with Crippen molar-refractivity contribution in [3.05, 3.63) is 83.9 Å². The van der Waals surface area contributed by atoms with E-state index in [0.717, 1.165) is 24.4 Å². The van der Waals surface area contributed by atoms with Crippen LogP contribution in [-0.2, 0) is 19.1 Å². The lowest BCUT2D eigenvalue weighted by atomic mass is 9.79. The summed E-state index contributed by atoms with van der Waals surface area (Å²) >= 11 is 0. The van der Waals surface area contributed by atoms with E-state index in [4.69, 9.17) is 4.74 Å². The maximum atomic E-state index is 12.7. The second kappa shape index (κ2) is 8.52. The van der Waals surface area contributed by atoms with Gasteiger partial charge in [0.05, 0.1) is 0 Å². The average Bonchev–Trinajstić information content (AvgIpc) is 3.41. The van der Waals surface area contributed by atoms with E-state index >= 15 is 0 Å². The lowest BCUT2D eigenvalue weighted by molar-refractivity contribution is 0.0943. The van der Waals surface area contributed by atoms with Gasteiger partial charge in [0.2, 0.25) is 0 Å². The van der Waals surface area contributed by atoms with Gasteiger partial charge in [-0.1, -0.05) is 43.2 Å². The fraction of sp³-hybridized carbons (Fsp3) is 0.333. The molecule has 1 amide bonds. The van der Waals surface area contributed by atoms with Gasteiger partial charge in [-0.15, -0.1) is 0 Å². The van der Waals surface area contributed by atoms with Crippen LogP contribution in [0.25, 0.3) is 0 Å². The normalized spacial score (nSPS) is 15.2. The Labute approximate surface area is 171 Å². The fourth-order valence-corrected chi connectivity index (χ4v) is 4.15. The van der Waals surface area contributed by atoms with Crippen LogP contribution in [0.3, 0.4) is 0 Å². The number of ether oxygens (including phenoxy) is 1. The van der Waals surface area contributed by atoms with Gasteiger partial charge in [0.1, 0.15) is 18.2 Å². The van der Waals surface area contributed by atoms with Crippen molar-refractivity contribution < 1.29 is 9.53 Å². The molecule has 150 valence electrons. The third-order valence-corrected chi connectivity index (χ3v) is 5.94. The number of imidazole rings is 1. The minimum absolute atomic E-state index is 0.0390. The summed E-state index contributed by atoms with van der Waals surface area (Å²) in [5, 5.41) is 3.17. The Morgan fingerprint density at radius 2 is 1.83 bits per heavy atom. The zero-order chi connectivity index (χ0) is 20.1. The standard InChI is InChI=1S/C24H27N3O2/c1-27-16-15-25-22(27)17-29-21-11-9-19(10-12-21)23(28)26-18-24(13-5-6-14-24)20-7-3-2-4-8-20/h2-4,7-12,15-16H,5-6,13-14,17-18H2,1H3,(H,26,28). The van der Waals surface area contributed by atoms with E-state index in [0.29, 0.717) is 18.7 Å². The highest BCUT2D eigenvalue weighted by atomic mass is 16.5. The van der Waals surface area contributed by atoms with Crippen LogP contribution in [0.4, 0.5) is 0 Å². The quantitative estimate of drug-likeness (QED) is 0.658. The zero-order valence-corrected chi connectivity index (χ0v) is 16.8. The van der Waals surface area contributed by atoms with Crippen LogP contribution in [0.1, 0.15) is 47.4 Å². The molecule has 1 N–H and O–H groups in total. The highest BCUT2D eigenvalue weighted by molar-refractivity contribution is 5.94. The molecule has 3 aromatic rings. The van der Waals surface area contributed by atoms with Gasteiger partial charge in [0, 0.05) is 37.0 Å². The molecule has 1 aromatic heterocycles. The highest BCUT2D eigenvalue weighted by Gasteiger charge is 2.35. The van der Waals surface area contributed by atoms with Crippen LogP contribution < -0.4 is 10.1 Å². The number of hydrogen-bond acceptors (Lipinski definition) is 3. The first kappa shape index (κ1) is 19.2. The maximum absolute atomic E-state index is 12.7. The largest absolute Gasteiger partial charge is 0.486 e. The van der Waals surface area contributed by atoms with Gasteiger partial charge in [0.15, 0.2) is 0 Å². The van der Waals surface area contributed by atoms with Gasteiger partial charge in [-0.25, -0.2) is 4.98 Å². The van der Waals surface area contributed by atoms with Crippen LogP contribution in [0.2, 0.25) is 0 Å². The Morgan fingerprint density at radius 3 is 2.48 bits per heavy atom. The van der Waals surface area contributed by atoms with Gasteiger partial charge in [-0.05, 0) is 42.7 Å². The van der Waals surface area contributed by atoms with E-state index < -0.39 is 0 Å². The van der Waals surface area contributed by atoms with Crippen molar-refractivity contribution in [1.82, 2.24) is 14.9 Å². The van der Waals surface area contributed by atoms with Crippen molar-refractivity contribution in [2.45, 2.75) is 37.7 Å². The SMILES string of the molecule is Cn1ccnc1COc1ccc(C(=O)NCC2(c3ccccc3)CCCC2)cc1. The lowest BCUT2D eigenvalue weighted by Crippen LogP contribution is -2.39. The van der Waals surface area contributed by atoms with E-state index in [2.05, 4.69) is 34.6 Å². The first-order valence-electron chi connectivity index (χ1n) is 10.2. The van der Waals surface area contributed by atoms with Crippen LogP contribution in [0.5, 0.6) is 5.75 Å². The highest BCUT2D eigenvalue weighted by Crippen LogP contribution is 2.40. The van der Waals surface area contributed by atoms with Crippen molar-refractivity contribution in [3.63, 3.8) is 0 Å². The van der Waals surface area contributed by atoms with Crippen molar-refractivity contribution in [3.8, 4) is 5.75 Å². The molecule has 4 rings (SSSR count). The molecule has 0 bridgehead atoms. The predicted octanol–water partition coefficient (Wildman–Crippen LogP) is 4.24. The maximum Gasteiger partial charge on any atom is 0.251 e. The third kappa shape index (κ3) is 4.34. The number of amides is 1. The minimum Gasteiger partial charge on any atom is -0.486 e. The smallest absolute Gasteiger partial charge is 0.251 e. The molecule has 5 nitrogen and oxygen atoms in total. The van der Waals surface area contributed by atoms with Crippen LogP contribution in [0.15, 0.2) is 67.0 Å². The first-order chi connectivity index (χ1) is 14.2. The Bertz CT molecular complexity index is 942. The number of benzene rings is 2. The van der Waals surface area contributed by atoms with E-state index in [9.17, 15) is 4.79 Å². The van der Waals surface area contributed by atoms with Gasteiger partial charge in [-0.3, -0.25) is 4.79 Å². The monoisotopic (exact) mass is 389 g/mol. The number of rotatable bonds is 7. The summed E-state index contributed by atoms with van der Waals surface area (Å²) in [6, 6.07) is 17.9. The van der Waals surface area contributed by atoms with E-state index in [1.54, 1.807) is 6.20 Å². The predicted molar refractivity (Wildman–Crippen MR) is 113 cm³/mol. The Balaban J connectivity index is 1.36. The Morgan fingerprint density at radius 1 is 1.10 bits per heavy atom. The number of nitrogens with one attached hydrogen (secondary N) is 1. The number of hydrogen-bond donors (Lipinski definition) is 1. The van der Waals surface area contributed by atoms with Crippen LogP contribution in [0, 0.1) is 0 Å². The van der Waals surface area contributed by atoms with Gasteiger partial charge >= 0.3 is 0 Å². The molecule has 1 aliphatic carbocycles. The van der Waals surface area contributed by atoms with Crippen molar-refractivity contribution in [2.75, 3.05) is 6.54 Å². The molecule has 0 radical (unpaired) electrons. The molecule has 0 unspecified atom stereocenters. The number of carbonyl (C=O) groups is 1. The molecule has 1 heterocycles. The molecule has 1 aliphatic rings. The molecular formula is C24H27N3O2. The third-order valence-electron chi connectivity index (χ3n) is 5.94. The molecule has 0 atom stereocenters. The fourth-order valence-electron chi connectivity index (χ4n) is 4.15. The van der Waals surface area contributed by atoms with Crippen molar-refractivity contribution in [1.29, 1.82) is 0 Å². The second-order valence-corrected chi connectivity index (χ2v) is 7.80. The van der Waals surface area contributed by atoms with Crippen molar-refractivity contribution in [2.24, 2.45) is 7.05 Å². The van der Waals surface area contributed by atoms with Crippen LogP contribution in [-0.4, -0.2) is 22.0 Å². The molecule has 5 heteroatoms. The molecular weight excluding hydrogens is 362 g/mol. The van der Waals surface area contributed by atoms with Crippen molar-refractivity contribution >= 4 is 5.91 Å². The summed E-state index contributed by atoms with van der Waals surface area (Å²) in [6.45, 7) is 1.07. The summed E-state index contributed by atoms with van der Waals surface area (Å²) in [4.78, 5) is 17.0. The number of nitrogens with zero attached hydrogens (tertiary/aromatic N) is 2. The molecule has 29 heavy (non-hydrogen) atoms. The molecule has 0 spiro atoms. The number of aromatic nitrogens is 2. The summed E-state index contributed by atoms with van der Waals surface area (Å²) in [6.07, 6.45) is 8.31. The molecule has 2 aromatic carbocycles. The molecule has 0 saturated heterocycles. The first-order valence-corrected chi connectivity index (χ1v) is 10.2. The summed E-state index contributed by atoms with van der Waals surface area (Å²) < 4.78 is 7.69. The van der Waals surface area contributed by atoms with Crippen LogP contribution >= 0.6 is 0 Å². The molecule has 1 fully saturated rings. The second-order valence-electron chi connectivity index (χ2n) is 7.80. The Hall–Kier alpha value is -3.08. The van der Waals surface area contributed by atoms with E-state index in [-0.39, 0.29) is 11.3 Å². The van der Waals surface area contributed by atoms with Gasteiger partial charge in [-0.2, -0.15) is 0 Å². The zero-order valence-electron chi connectivity index (χ0n) is 16.8. The minimum atomic E-state index is -0.0390. The summed E-state index contributed by atoms with van der Waals surface area (Å²) in [5.41, 5.74) is 2.04. The summed E-state index contributed by atoms with van der Waals surface area (Å²) in [5.74, 6) is 1.54. The average molecular weight is 389 g/mol. The molecule has 1 saturated carbocycles. The lowest BCUT2D eigenvalue weighted by Gasteiger charge is -2.30. The Kier molecular flexibility index (Phi) is 5.65. The summed E-state index contributed by atoms with van der Waals surface area (Å²) in [7, 11) is 1.94. The molecule has 0 aliphatic heterocycles. The van der Waals surface area contributed by atoms with Gasteiger partial charge in [0.25, 0.3) is 5.91 Å². The number of aryl methyl sites for hydroxylation is 1. The van der Waals surface area contributed by atoms with Gasteiger partial charge < -0.3 is 14.6 Å².